The van der Waals surface area contributed by atoms with Gasteiger partial charge in [0.05, 0.1) is 66.0 Å². The van der Waals surface area contributed by atoms with Crippen LogP contribution in [0.4, 0.5) is 22.7 Å². The number of hydrogen-bond donors (Lipinski definition) is 1. The predicted octanol–water partition coefficient (Wildman–Crippen LogP) is 11.1. The highest BCUT2D eigenvalue weighted by Crippen LogP contribution is 2.47. The normalized spacial score (nSPS) is 22.5. The molecule has 4 aromatic rings. The van der Waals surface area contributed by atoms with E-state index >= 15 is 0 Å². The molecule has 2 saturated carbocycles. The SMILES string of the molecule is [C-]#[N+]c1ccc(N2N=C3c4ccc(C(=O)O)nc4CC[C@@H]3[C@@H]2C2CCCC2)cc1Cl.[C-]#[N+]c1ccc(N2N=C3c4ccc(C(=O)OCC)nc4CC[C@@H]3[C@@H]2C2CCCC2)cc1Cl. The molecule has 6 aliphatic rings. The highest BCUT2D eigenvalue weighted by Gasteiger charge is 2.47. The zero-order chi connectivity index (χ0) is 43.1. The van der Waals surface area contributed by atoms with E-state index in [9.17, 15) is 14.7 Å². The largest absolute Gasteiger partial charge is 0.477 e. The summed E-state index contributed by atoms with van der Waals surface area (Å²) in [6.07, 6.45) is 13.3. The van der Waals surface area contributed by atoms with Gasteiger partial charge in [-0.05, 0) is 119 Å². The lowest BCUT2D eigenvalue weighted by molar-refractivity contribution is 0.0518. The molecule has 4 aliphatic carbocycles. The van der Waals surface area contributed by atoms with Gasteiger partial charge in [-0.2, -0.15) is 10.2 Å². The molecule has 0 amide bonds. The number of anilines is 2. The Morgan fingerprint density at radius 1 is 0.694 bits per heavy atom. The molecule has 0 bridgehead atoms. The van der Waals surface area contributed by atoms with Crippen molar-refractivity contribution in [3.63, 3.8) is 0 Å². The number of carboxylic acid groups (broad SMARTS) is 1. The van der Waals surface area contributed by atoms with E-state index in [2.05, 4.69) is 29.7 Å². The number of esters is 1. The van der Waals surface area contributed by atoms with Crippen LogP contribution in [0.1, 0.15) is 115 Å². The number of aromatic nitrogens is 2. The van der Waals surface area contributed by atoms with Gasteiger partial charge in [0.25, 0.3) is 0 Å². The minimum absolute atomic E-state index is 0.0801. The van der Waals surface area contributed by atoms with E-state index in [1.54, 1.807) is 31.2 Å². The zero-order valence-electron chi connectivity index (χ0n) is 34.4. The van der Waals surface area contributed by atoms with Crippen molar-refractivity contribution < 1.29 is 19.4 Å². The third kappa shape index (κ3) is 7.69. The summed E-state index contributed by atoms with van der Waals surface area (Å²) in [6, 6.07) is 18.8. The molecule has 12 nitrogen and oxygen atoms in total. The number of carbonyl (C=O) groups is 2. The summed E-state index contributed by atoms with van der Waals surface area (Å²) in [4.78, 5) is 39.4. The monoisotopic (exact) mass is 868 g/mol. The first-order chi connectivity index (χ1) is 30.2. The topological polar surface area (TPSA) is 129 Å². The van der Waals surface area contributed by atoms with Gasteiger partial charge in [0.15, 0.2) is 0 Å². The first-order valence-electron chi connectivity index (χ1n) is 21.7. The van der Waals surface area contributed by atoms with E-state index in [0.717, 1.165) is 71.0 Å². The fourth-order valence-electron chi connectivity index (χ4n) is 10.7. The van der Waals surface area contributed by atoms with Crippen molar-refractivity contribution in [2.24, 2.45) is 33.9 Å². The number of carbonyl (C=O) groups excluding carboxylic acids is 1. The van der Waals surface area contributed by atoms with E-state index in [0.29, 0.717) is 51.5 Å². The van der Waals surface area contributed by atoms with E-state index in [-0.39, 0.29) is 29.7 Å². The van der Waals surface area contributed by atoms with E-state index in [4.69, 9.17) is 51.3 Å². The second-order valence-electron chi connectivity index (χ2n) is 16.9. The van der Waals surface area contributed by atoms with Crippen LogP contribution in [-0.2, 0) is 17.6 Å². The first kappa shape index (κ1) is 41.5. The molecule has 4 heterocycles. The smallest absolute Gasteiger partial charge is 0.356 e. The number of rotatable bonds is 7. The third-order valence-corrected chi connectivity index (χ3v) is 14.1. The Labute approximate surface area is 371 Å². The van der Waals surface area contributed by atoms with Gasteiger partial charge in [-0.25, -0.2) is 29.2 Å². The van der Waals surface area contributed by atoms with Gasteiger partial charge < -0.3 is 9.84 Å². The maximum atomic E-state index is 12.1. The first-order valence-corrected chi connectivity index (χ1v) is 22.4. The molecule has 2 aromatic carbocycles. The van der Waals surface area contributed by atoms with Crippen LogP contribution in [0, 0.1) is 36.8 Å². The van der Waals surface area contributed by atoms with Crippen molar-refractivity contribution in [3.05, 3.63) is 127 Å². The summed E-state index contributed by atoms with van der Waals surface area (Å²) < 4.78 is 5.12. The molecule has 14 heteroatoms. The molecule has 0 saturated heterocycles. The summed E-state index contributed by atoms with van der Waals surface area (Å²) >= 11 is 12.7. The predicted molar refractivity (Wildman–Crippen MR) is 240 cm³/mol. The van der Waals surface area contributed by atoms with Crippen LogP contribution in [-0.4, -0.2) is 57.1 Å². The number of hydrogen-bond acceptors (Lipinski definition) is 9. The molecule has 2 aliphatic heterocycles. The summed E-state index contributed by atoms with van der Waals surface area (Å²) in [5, 5.41) is 24.6. The molecule has 0 unspecified atom stereocenters. The zero-order valence-corrected chi connectivity index (χ0v) is 35.9. The molecular formula is C48H46Cl2N8O4. The van der Waals surface area contributed by atoms with Crippen molar-refractivity contribution in [3.8, 4) is 0 Å². The van der Waals surface area contributed by atoms with E-state index < -0.39 is 5.97 Å². The molecule has 2 fully saturated rings. The van der Waals surface area contributed by atoms with Crippen LogP contribution in [0.25, 0.3) is 9.69 Å². The quantitative estimate of drug-likeness (QED) is 0.144. The second kappa shape index (κ2) is 17.5. The molecule has 62 heavy (non-hydrogen) atoms. The Bertz CT molecular complexity index is 2590. The van der Waals surface area contributed by atoms with Crippen LogP contribution >= 0.6 is 23.2 Å². The van der Waals surface area contributed by atoms with Gasteiger partial charge >= 0.3 is 11.9 Å². The van der Waals surface area contributed by atoms with Gasteiger partial charge in [0, 0.05) is 33.0 Å². The van der Waals surface area contributed by atoms with Gasteiger partial charge in [-0.1, -0.05) is 61.0 Å². The van der Waals surface area contributed by atoms with Crippen LogP contribution in [0.5, 0.6) is 0 Å². The van der Waals surface area contributed by atoms with Crippen molar-refractivity contribution in [1.82, 2.24) is 9.97 Å². The molecule has 4 atom stereocenters. The average molecular weight is 870 g/mol. The fraction of sp³-hybridized carbons (Fsp3) is 0.417. The average Bonchev–Trinajstić information content (AvgIpc) is 4.13. The standard InChI is InChI=1S/C25H25ClN4O2.C23H21ClN4O2/c1-3-32-25(31)22-13-9-17-20(28-22)12-10-18-23(17)29-30(24(18)15-6-4-5-7-15)16-8-11-21(27-2)19(26)14-16;1-25-19-9-6-14(12-17(19)24)28-22(13-4-2-3-5-13)16-8-10-18-15(21(16)27-28)7-11-20(26-18)23(29)30/h8-9,11,13-15,18,24H,3-7,10,12H2,1H3;6-7,9,11-13,16,22H,2-5,8,10H2,(H,29,30)/t18-,24-;16-,22-/m00/s1. The lowest BCUT2D eigenvalue weighted by atomic mass is 9.76. The molecule has 10 rings (SSSR count). The molecule has 0 spiro atoms. The lowest BCUT2D eigenvalue weighted by Crippen LogP contribution is -2.40. The van der Waals surface area contributed by atoms with E-state index in [1.165, 1.54) is 51.4 Å². The number of halogens is 2. The van der Waals surface area contributed by atoms with Crippen LogP contribution in [0.15, 0.2) is 70.9 Å². The number of ether oxygens (including phenoxy) is 1. The number of aromatic carboxylic acids is 1. The number of aryl methyl sites for hydroxylation is 2. The molecule has 1 N–H and O–H groups in total. The number of hydrazone groups is 2. The lowest BCUT2D eigenvalue weighted by Gasteiger charge is -2.34. The summed E-state index contributed by atoms with van der Waals surface area (Å²) in [7, 11) is 0. The Kier molecular flexibility index (Phi) is 11.7. The van der Waals surface area contributed by atoms with Gasteiger partial charge in [-0.15, -0.1) is 0 Å². The van der Waals surface area contributed by atoms with Crippen molar-refractivity contribution in [2.75, 3.05) is 16.6 Å². The number of carboxylic acids is 1. The molecule has 0 radical (unpaired) electrons. The Hall–Kier alpha value is -5.82. The minimum atomic E-state index is -1.01. The molecule has 2 aromatic heterocycles. The highest BCUT2D eigenvalue weighted by atomic mass is 35.5. The summed E-state index contributed by atoms with van der Waals surface area (Å²) in [5.41, 5.74) is 8.95. The number of fused-ring (bicyclic) bond motifs is 6. The summed E-state index contributed by atoms with van der Waals surface area (Å²) in [5.74, 6) is 0.355. The van der Waals surface area contributed by atoms with Crippen LogP contribution in [0.2, 0.25) is 10.0 Å². The Balaban J connectivity index is 0.000000158. The number of nitrogens with zero attached hydrogens (tertiary/aromatic N) is 8. The maximum Gasteiger partial charge on any atom is 0.356 e. The third-order valence-electron chi connectivity index (χ3n) is 13.5. The Morgan fingerprint density at radius 3 is 1.56 bits per heavy atom. The van der Waals surface area contributed by atoms with Gasteiger partial charge in [0.2, 0.25) is 11.4 Å². The minimum Gasteiger partial charge on any atom is -0.477 e. The molecule has 316 valence electrons. The van der Waals surface area contributed by atoms with Crippen LogP contribution in [0.3, 0.4) is 0 Å². The van der Waals surface area contributed by atoms with Gasteiger partial charge in [-0.3, -0.25) is 10.0 Å². The van der Waals surface area contributed by atoms with Crippen molar-refractivity contribution in [1.29, 1.82) is 0 Å². The second-order valence-corrected chi connectivity index (χ2v) is 17.7. The van der Waals surface area contributed by atoms with Gasteiger partial charge in [0.1, 0.15) is 11.4 Å². The maximum absolute atomic E-state index is 12.1. The van der Waals surface area contributed by atoms with Crippen molar-refractivity contribution in [2.45, 2.75) is 96.1 Å². The van der Waals surface area contributed by atoms with Crippen LogP contribution < -0.4 is 10.0 Å². The Morgan fingerprint density at radius 2 is 1.15 bits per heavy atom. The molecular weight excluding hydrogens is 823 g/mol. The summed E-state index contributed by atoms with van der Waals surface area (Å²) in [6.45, 7) is 16.7. The van der Waals surface area contributed by atoms with E-state index in [1.807, 2.05) is 36.4 Å². The fourth-order valence-corrected chi connectivity index (χ4v) is 11.2. The number of benzene rings is 2. The van der Waals surface area contributed by atoms with Crippen molar-refractivity contribution >= 4 is 69.3 Å². The highest BCUT2D eigenvalue weighted by molar-refractivity contribution is 6.34. The number of pyridine rings is 2.